The van der Waals surface area contributed by atoms with Crippen LogP contribution >= 0.6 is 0 Å². The molecule has 1 aliphatic heterocycles. The molecular weight excluding hydrogens is 626 g/mol. The summed E-state index contributed by atoms with van der Waals surface area (Å²) >= 11 is 0. The van der Waals surface area contributed by atoms with Gasteiger partial charge in [0.25, 0.3) is 0 Å². The first-order chi connectivity index (χ1) is 22.2. The smallest absolute Gasteiger partial charge is 0.224 e. The van der Waals surface area contributed by atoms with E-state index in [1.54, 1.807) is 6.20 Å². The van der Waals surface area contributed by atoms with Crippen LogP contribution in [0.15, 0.2) is 24.4 Å². The van der Waals surface area contributed by atoms with E-state index in [1.165, 1.54) is 50.7 Å². The molecule has 0 unspecified atom stereocenters. The van der Waals surface area contributed by atoms with Crippen molar-refractivity contribution in [3.8, 4) is 0 Å². The van der Waals surface area contributed by atoms with E-state index in [1.807, 2.05) is 4.57 Å². The Bertz CT molecular complexity index is 1570. The van der Waals surface area contributed by atoms with Crippen LogP contribution in [-0.4, -0.2) is 84.0 Å². The second kappa shape index (κ2) is 16.0. The van der Waals surface area contributed by atoms with Crippen molar-refractivity contribution in [2.75, 3.05) is 49.7 Å². The Morgan fingerprint density at radius 1 is 0.957 bits per heavy atom. The number of rotatable bonds is 12. The number of aromatic nitrogens is 4. The summed E-state index contributed by atoms with van der Waals surface area (Å²) in [7, 11) is -3.24. The fourth-order valence-electron chi connectivity index (χ4n) is 7.14. The molecule has 3 aromatic rings. The molecule has 0 radical (unpaired) electrons. The Balaban J connectivity index is 0.00000433. The van der Waals surface area contributed by atoms with Crippen molar-refractivity contribution in [1.82, 2.24) is 29.1 Å². The lowest BCUT2D eigenvalue weighted by atomic mass is 9.86. The van der Waals surface area contributed by atoms with Gasteiger partial charge < -0.3 is 20.3 Å². The monoisotopic (exact) mass is 676 g/mol. The van der Waals surface area contributed by atoms with Crippen LogP contribution in [0, 0.1) is 17.6 Å². The molecule has 0 atom stereocenters. The van der Waals surface area contributed by atoms with Crippen molar-refractivity contribution in [3.63, 3.8) is 0 Å². The van der Waals surface area contributed by atoms with E-state index >= 15 is 0 Å². The van der Waals surface area contributed by atoms with Crippen molar-refractivity contribution < 1.29 is 21.9 Å². The van der Waals surface area contributed by atoms with Crippen LogP contribution in [0.3, 0.4) is 0 Å². The first-order valence-electron chi connectivity index (χ1n) is 16.7. The first-order valence-corrected chi connectivity index (χ1v) is 18.6. The van der Waals surface area contributed by atoms with Gasteiger partial charge in [-0.1, -0.05) is 13.8 Å². The molecule has 3 aliphatic rings. The van der Waals surface area contributed by atoms with Gasteiger partial charge in [-0.15, -0.1) is 0 Å². The van der Waals surface area contributed by atoms with Gasteiger partial charge in [0, 0.05) is 37.3 Å². The fraction of sp³-hybridized carbons (Fsp3) is 0.667. The maximum Gasteiger partial charge on any atom is 0.224 e. The highest BCUT2D eigenvalue weighted by molar-refractivity contribution is 7.88. The molecule has 1 saturated heterocycles. The third-order valence-electron chi connectivity index (χ3n) is 9.59. The van der Waals surface area contributed by atoms with Gasteiger partial charge in [0.15, 0.2) is 5.65 Å². The Hall–Kier alpha value is -2.94. The van der Waals surface area contributed by atoms with Crippen molar-refractivity contribution in [3.05, 3.63) is 36.0 Å². The first kappa shape index (κ1) is 35.4. The quantitative estimate of drug-likeness (QED) is 0.198. The largest absolute Gasteiger partial charge is 0.380 e. The van der Waals surface area contributed by atoms with Crippen molar-refractivity contribution in [1.29, 1.82) is 0 Å². The molecule has 2 aliphatic carbocycles. The summed E-state index contributed by atoms with van der Waals surface area (Å²) in [5.74, 6) is 0.0655. The lowest BCUT2D eigenvalue weighted by Crippen LogP contribution is -2.39. The van der Waals surface area contributed by atoms with Crippen LogP contribution in [0.1, 0.15) is 84.1 Å². The highest BCUT2D eigenvalue weighted by atomic mass is 32.2. The molecule has 3 N–H and O–H groups in total. The van der Waals surface area contributed by atoms with Crippen molar-refractivity contribution >= 4 is 38.8 Å². The van der Waals surface area contributed by atoms with Gasteiger partial charge in [-0.2, -0.15) is 4.98 Å². The summed E-state index contributed by atoms with van der Waals surface area (Å²) < 4.78 is 62.5. The van der Waals surface area contributed by atoms with E-state index in [9.17, 15) is 17.2 Å². The molecular formula is C33H50F2N8O3S. The van der Waals surface area contributed by atoms with Crippen molar-refractivity contribution in [2.24, 2.45) is 5.92 Å². The topological polar surface area (TPSA) is 126 Å². The Morgan fingerprint density at radius 3 is 2.38 bits per heavy atom. The molecule has 3 fully saturated rings. The number of benzene rings is 1. The van der Waals surface area contributed by atoms with E-state index in [-0.39, 0.29) is 31.2 Å². The minimum atomic E-state index is -3.24. The van der Waals surface area contributed by atoms with Crippen LogP contribution in [0.25, 0.3) is 11.2 Å². The summed E-state index contributed by atoms with van der Waals surface area (Å²) in [4.78, 5) is 16.7. The lowest BCUT2D eigenvalue weighted by molar-refractivity contribution is 0.0587. The molecule has 47 heavy (non-hydrogen) atoms. The standard InChI is InChI=1S/C32H46F2N8O3S.CH4/c1-46(43,44)40-25-10-8-24(9-11-25)36-31-35-20-29-30(39-31)42(32(38-29)37-28-14-7-23(33)19-27(28)34)26-12-5-22(6-13-26)21-45-18-17-41-15-3-2-4-16-41;/h7,14,19-20,22,24-26,40H,2-6,8-13,15-18,21H2,1H3,(H,37,38)(H,35,36,39);1H4. The number of ether oxygens (including phenoxy) is 1. The van der Waals surface area contributed by atoms with Crippen LogP contribution < -0.4 is 15.4 Å². The third kappa shape index (κ3) is 9.58. The molecule has 260 valence electrons. The van der Waals surface area contributed by atoms with E-state index in [0.717, 1.165) is 77.2 Å². The van der Waals surface area contributed by atoms with E-state index in [4.69, 9.17) is 14.7 Å². The minimum Gasteiger partial charge on any atom is -0.380 e. The number of fused-ring (bicyclic) bond motifs is 1. The number of hydrogen-bond acceptors (Lipinski definition) is 9. The second-order valence-electron chi connectivity index (χ2n) is 13.2. The third-order valence-corrected chi connectivity index (χ3v) is 10.3. The number of imidazole rings is 1. The molecule has 0 bridgehead atoms. The molecule has 3 heterocycles. The van der Waals surface area contributed by atoms with Gasteiger partial charge in [0.05, 0.1) is 24.7 Å². The normalized spacial score (nSPS) is 24.1. The zero-order valence-corrected chi connectivity index (χ0v) is 27.4. The zero-order valence-electron chi connectivity index (χ0n) is 26.6. The van der Waals surface area contributed by atoms with Gasteiger partial charge in [0.1, 0.15) is 17.2 Å². The summed E-state index contributed by atoms with van der Waals surface area (Å²) in [6.45, 7) is 4.88. The Morgan fingerprint density at radius 2 is 1.68 bits per heavy atom. The minimum absolute atomic E-state index is 0. The number of piperidine rings is 1. The second-order valence-corrected chi connectivity index (χ2v) is 15.0. The van der Waals surface area contributed by atoms with E-state index in [2.05, 4.69) is 25.2 Å². The molecule has 0 amide bonds. The number of likely N-dealkylation sites (tertiary alicyclic amines) is 1. The molecule has 14 heteroatoms. The highest BCUT2D eigenvalue weighted by Gasteiger charge is 2.28. The molecule has 2 aromatic heterocycles. The molecule has 0 spiro atoms. The number of sulfonamides is 1. The Kier molecular flexibility index (Phi) is 12.0. The van der Waals surface area contributed by atoms with E-state index < -0.39 is 21.7 Å². The predicted molar refractivity (Wildman–Crippen MR) is 181 cm³/mol. The van der Waals surface area contributed by atoms with Crippen LogP contribution in [0.5, 0.6) is 0 Å². The number of halogens is 2. The summed E-state index contributed by atoms with van der Waals surface area (Å²) in [6, 6.07) is 3.59. The van der Waals surface area contributed by atoms with Crippen LogP contribution in [0.2, 0.25) is 0 Å². The predicted octanol–water partition coefficient (Wildman–Crippen LogP) is 5.99. The van der Waals surface area contributed by atoms with Crippen LogP contribution in [0.4, 0.5) is 26.4 Å². The van der Waals surface area contributed by atoms with Gasteiger partial charge >= 0.3 is 0 Å². The average Bonchev–Trinajstić information content (AvgIpc) is 3.39. The summed E-state index contributed by atoms with van der Waals surface area (Å²) in [5, 5.41) is 6.54. The maximum atomic E-state index is 14.7. The summed E-state index contributed by atoms with van der Waals surface area (Å²) in [6.07, 6.45) is 13.6. The maximum absolute atomic E-state index is 14.7. The number of hydrogen-bond donors (Lipinski definition) is 3. The van der Waals surface area contributed by atoms with Gasteiger partial charge in [0.2, 0.25) is 21.9 Å². The zero-order chi connectivity index (χ0) is 32.1. The number of anilines is 3. The highest BCUT2D eigenvalue weighted by Crippen LogP contribution is 2.37. The average molecular weight is 677 g/mol. The number of nitrogens with one attached hydrogen (secondary N) is 3. The lowest BCUT2D eigenvalue weighted by Gasteiger charge is -2.31. The van der Waals surface area contributed by atoms with Crippen LogP contribution in [-0.2, 0) is 14.8 Å². The SMILES string of the molecule is C.CS(=O)(=O)NC1CCC(Nc2ncc3nc(Nc4ccc(F)cc4F)n(C4CCC(COCCN5CCCCC5)CC4)c3n2)CC1. The molecule has 1 aromatic carbocycles. The Labute approximate surface area is 277 Å². The molecule has 6 rings (SSSR count). The summed E-state index contributed by atoms with van der Waals surface area (Å²) in [5.41, 5.74) is 1.37. The number of nitrogens with zero attached hydrogens (tertiary/aromatic N) is 5. The van der Waals surface area contributed by atoms with Gasteiger partial charge in [-0.25, -0.2) is 31.9 Å². The van der Waals surface area contributed by atoms with E-state index in [0.29, 0.717) is 29.0 Å². The van der Waals surface area contributed by atoms with Gasteiger partial charge in [-0.05, 0) is 95.3 Å². The molecule has 2 saturated carbocycles. The fourth-order valence-corrected chi connectivity index (χ4v) is 7.98. The van der Waals surface area contributed by atoms with Crippen molar-refractivity contribution in [2.45, 2.75) is 96.2 Å². The van der Waals surface area contributed by atoms with Gasteiger partial charge in [-0.3, -0.25) is 4.57 Å². The molecule has 11 nitrogen and oxygen atoms in total.